The highest BCUT2D eigenvalue weighted by Crippen LogP contribution is 2.50. The Labute approximate surface area is 303 Å². The van der Waals surface area contributed by atoms with Gasteiger partial charge in [-0.3, -0.25) is 0 Å². The molecular weight excluding hydrogens is 627 g/mol. The molecule has 0 unspecified atom stereocenters. The molecule has 0 atom stereocenters. The van der Waals surface area contributed by atoms with Crippen molar-refractivity contribution in [1.82, 2.24) is 4.57 Å². The molecule has 2 aliphatic heterocycles. The summed E-state index contributed by atoms with van der Waals surface area (Å²) in [5.41, 5.74) is 15.9. The topological polar surface area (TPSA) is 8.17 Å². The highest BCUT2D eigenvalue weighted by Gasteiger charge is 2.51. The zero-order valence-electron chi connectivity index (χ0n) is 28.5. The summed E-state index contributed by atoms with van der Waals surface area (Å²) in [6.07, 6.45) is 0. The number of hydrogen-bond donors (Lipinski definition) is 0. The molecule has 0 fully saturated rings. The number of aromatic nitrogens is 1. The van der Waals surface area contributed by atoms with Crippen molar-refractivity contribution in [1.29, 1.82) is 0 Å². The highest BCUT2D eigenvalue weighted by molar-refractivity contribution is 6.99. The number of benzene rings is 8. The van der Waals surface area contributed by atoms with E-state index in [9.17, 15) is 0 Å². The van der Waals surface area contributed by atoms with Gasteiger partial charge in [-0.05, 0) is 69.6 Å². The van der Waals surface area contributed by atoms with Gasteiger partial charge in [0.25, 0.3) is 0 Å². The molecule has 1 aromatic heterocycles. The third-order valence-corrected chi connectivity index (χ3v) is 11.5. The van der Waals surface area contributed by atoms with Gasteiger partial charge in [-0.15, -0.1) is 0 Å². The van der Waals surface area contributed by atoms with E-state index in [2.05, 4.69) is 210 Å². The maximum Gasteiger partial charge on any atom is 0.247 e. The summed E-state index contributed by atoms with van der Waals surface area (Å²) in [6, 6.07) is 74.0. The molecule has 0 bridgehead atoms. The maximum absolute atomic E-state index is 2.60. The zero-order chi connectivity index (χ0) is 34.2. The van der Waals surface area contributed by atoms with Gasteiger partial charge in [-0.1, -0.05) is 169 Å². The molecule has 8 aromatic carbocycles. The van der Waals surface area contributed by atoms with Crippen LogP contribution in [-0.4, -0.2) is 11.3 Å². The zero-order valence-corrected chi connectivity index (χ0v) is 28.5. The van der Waals surface area contributed by atoms with Crippen molar-refractivity contribution in [2.75, 3.05) is 4.90 Å². The van der Waals surface area contributed by atoms with Gasteiger partial charge in [-0.2, -0.15) is 0 Å². The Balaban J connectivity index is 1.38. The Morgan fingerprint density at radius 2 is 0.962 bits per heavy atom. The average molecular weight is 661 g/mol. The molecule has 0 radical (unpaired) electrons. The summed E-state index contributed by atoms with van der Waals surface area (Å²) in [5, 5.41) is 2.57. The van der Waals surface area contributed by atoms with Crippen molar-refractivity contribution in [2.45, 2.75) is 5.41 Å². The van der Waals surface area contributed by atoms with E-state index in [1.807, 2.05) is 0 Å². The fraction of sp³-hybridized carbons (Fsp3) is 0.0204. The van der Waals surface area contributed by atoms with Gasteiger partial charge in [0.1, 0.15) is 0 Å². The van der Waals surface area contributed by atoms with Gasteiger partial charge in [0.05, 0.1) is 22.3 Å². The molecule has 0 saturated heterocycles. The van der Waals surface area contributed by atoms with Gasteiger partial charge in [0.2, 0.25) is 6.71 Å². The summed E-state index contributed by atoms with van der Waals surface area (Å²) in [6.45, 7) is 0.0376. The first kappa shape index (κ1) is 29.2. The van der Waals surface area contributed by atoms with E-state index in [1.165, 1.54) is 66.1 Å². The van der Waals surface area contributed by atoms with Crippen LogP contribution in [0.5, 0.6) is 0 Å². The minimum absolute atomic E-state index is 0.0376. The number of nitrogens with zero attached hydrogens (tertiary/aromatic N) is 2. The van der Waals surface area contributed by atoms with Gasteiger partial charge in [-0.25, -0.2) is 0 Å². The molecule has 0 N–H and O–H groups in total. The van der Waals surface area contributed by atoms with Gasteiger partial charge in [0, 0.05) is 27.7 Å². The van der Waals surface area contributed by atoms with E-state index >= 15 is 0 Å². The number of rotatable bonds is 5. The Kier molecular flexibility index (Phi) is 6.29. The van der Waals surface area contributed by atoms with Gasteiger partial charge < -0.3 is 9.47 Å². The second-order valence-electron chi connectivity index (χ2n) is 14.0. The van der Waals surface area contributed by atoms with E-state index in [4.69, 9.17) is 0 Å². The van der Waals surface area contributed by atoms with Gasteiger partial charge >= 0.3 is 0 Å². The van der Waals surface area contributed by atoms with E-state index in [0.717, 1.165) is 17.1 Å². The second-order valence-corrected chi connectivity index (χ2v) is 14.0. The van der Waals surface area contributed by atoms with Crippen LogP contribution in [0.25, 0.3) is 27.5 Å². The van der Waals surface area contributed by atoms with Crippen LogP contribution in [0, 0.1) is 0 Å². The van der Waals surface area contributed by atoms with Gasteiger partial charge in [0.15, 0.2) is 0 Å². The largest absolute Gasteiger partial charge is 0.308 e. The van der Waals surface area contributed by atoms with Crippen LogP contribution >= 0.6 is 0 Å². The first-order valence-corrected chi connectivity index (χ1v) is 18.2. The van der Waals surface area contributed by atoms with Crippen molar-refractivity contribution >= 4 is 62.0 Å². The molecule has 0 spiro atoms. The summed E-state index contributed by atoms with van der Waals surface area (Å²) < 4.78 is 2.60. The highest BCUT2D eigenvalue weighted by atomic mass is 15.2. The van der Waals surface area contributed by atoms with Crippen molar-refractivity contribution in [2.24, 2.45) is 0 Å². The molecule has 9 aromatic rings. The predicted molar refractivity (Wildman–Crippen MR) is 218 cm³/mol. The lowest BCUT2D eigenvalue weighted by Crippen LogP contribution is -2.64. The molecular formula is C49H33BN2. The number of anilines is 3. The second kappa shape index (κ2) is 11.2. The minimum atomic E-state index is -0.545. The lowest BCUT2D eigenvalue weighted by molar-refractivity contribution is 0.750. The van der Waals surface area contributed by atoms with Crippen molar-refractivity contribution in [3.05, 3.63) is 222 Å². The lowest BCUT2D eigenvalue weighted by atomic mass is 9.29. The summed E-state index contributed by atoms with van der Waals surface area (Å²) in [7, 11) is 0. The molecule has 2 aliphatic rings. The number of hydrogen-bond acceptors (Lipinski definition) is 1. The Morgan fingerprint density at radius 3 is 1.63 bits per heavy atom. The van der Waals surface area contributed by atoms with Crippen LogP contribution in [0.4, 0.5) is 17.1 Å². The minimum Gasteiger partial charge on any atom is -0.308 e. The fourth-order valence-electron chi connectivity index (χ4n) is 9.60. The van der Waals surface area contributed by atoms with Crippen LogP contribution in [-0.2, 0) is 5.41 Å². The third-order valence-electron chi connectivity index (χ3n) is 11.5. The standard InChI is InChI=1S/C49H33BN2/c1-5-18-34(19-6-1)49(35-20-7-2-8-21-35)40-28-14-15-29-42(40)50-43-30-17-27-39-38-26-13-16-31-44(38)52(47(39)43)48-45(33-32-41(49)46(48)50)51(36-22-9-3-10-23-36)37-24-11-4-12-25-37/h1-33H. The van der Waals surface area contributed by atoms with E-state index in [1.54, 1.807) is 0 Å². The molecule has 52 heavy (non-hydrogen) atoms. The molecule has 2 nitrogen and oxygen atoms in total. The van der Waals surface area contributed by atoms with Crippen LogP contribution in [0.1, 0.15) is 22.3 Å². The van der Waals surface area contributed by atoms with Crippen LogP contribution in [0.3, 0.4) is 0 Å². The van der Waals surface area contributed by atoms with Crippen LogP contribution in [0.15, 0.2) is 200 Å². The molecule has 0 amide bonds. The maximum atomic E-state index is 2.60. The number of para-hydroxylation sites is 4. The molecule has 3 heteroatoms. The molecule has 0 aliphatic carbocycles. The summed E-state index contributed by atoms with van der Waals surface area (Å²) in [5.74, 6) is 0. The van der Waals surface area contributed by atoms with E-state index < -0.39 is 5.41 Å². The Hall–Kier alpha value is -6.58. The smallest absolute Gasteiger partial charge is 0.247 e. The van der Waals surface area contributed by atoms with Crippen LogP contribution < -0.4 is 21.3 Å². The van der Waals surface area contributed by atoms with Crippen molar-refractivity contribution in [3.8, 4) is 5.69 Å². The van der Waals surface area contributed by atoms with E-state index in [-0.39, 0.29) is 6.71 Å². The van der Waals surface area contributed by atoms with Crippen molar-refractivity contribution < 1.29 is 0 Å². The van der Waals surface area contributed by atoms with E-state index in [0.29, 0.717) is 0 Å². The quantitative estimate of drug-likeness (QED) is 0.167. The van der Waals surface area contributed by atoms with Crippen LogP contribution in [0.2, 0.25) is 0 Å². The molecule has 242 valence electrons. The summed E-state index contributed by atoms with van der Waals surface area (Å²) >= 11 is 0. The Bertz CT molecular complexity index is 2710. The first-order valence-electron chi connectivity index (χ1n) is 18.2. The normalized spacial score (nSPS) is 13.5. The summed E-state index contributed by atoms with van der Waals surface area (Å²) in [4.78, 5) is 2.45. The first-order chi connectivity index (χ1) is 25.9. The van der Waals surface area contributed by atoms with Crippen molar-refractivity contribution in [3.63, 3.8) is 0 Å². The monoisotopic (exact) mass is 660 g/mol. The Morgan fingerprint density at radius 1 is 0.423 bits per heavy atom. The number of fused-ring (bicyclic) bond motifs is 7. The lowest BCUT2D eigenvalue weighted by Gasteiger charge is -2.47. The predicted octanol–water partition coefficient (Wildman–Crippen LogP) is 9.78. The third kappa shape index (κ3) is 3.85. The molecule has 0 saturated carbocycles. The fourth-order valence-corrected chi connectivity index (χ4v) is 9.60. The average Bonchev–Trinajstić information content (AvgIpc) is 3.56. The SMILES string of the molecule is c1ccc(N(c2ccccc2)c2ccc3c4c2-n2c5ccccc5c5cccc(c52)B4c2ccccc2C3(c2ccccc2)c2ccccc2)cc1. The molecule has 11 rings (SSSR count). The molecule has 3 heterocycles.